The van der Waals surface area contributed by atoms with E-state index in [1.165, 1.54) is 7.11 Å². The predicted molar refractivity (Wildman–Crippen MR) is 67.1 cm³/mol. The normalized spacial score (nSPS) is 12.1. The minimum Gasteiger partial charge on any atom is -0.504 e. The predicted octanol–water partition coefficient (Wildman–Crippen LogP) is 2.45. The van der Waals surface area contributed by atoms with Crippen molar-refractivity contribution in [3.05, 3.63) is 59.7 Å². The lowest BCUT2D eigenvalue weighted by Gasteiger charge is -2.13. The van der Waals surface area contributed by atoms with Crippen molar-refractivity contribution in [1.29, 1.82) is 0 Å². The van der Waals surface area contributed by atoms with Gasteiger partial charge in [0.05, 0.1) is 13.2 Å². The lowest BCUT2D eigenvalue weighted by Crippen LogP contribution is -2.11. The highest BCUT2D eigenvalue weighted by molar-refractivity contribution is 5.44. The number of phenolic OH excluding ortho intramolecular Hbond substituents is 1. The summed E-state index contributed by atoms with van der Waals surface area (Å²) < 4.78 is 4.99. The Bertz CT molecular complexity index is 497. The fourth-order valence-corrected chi connectivity index (χ4v) is 1.75. The molecule has 2 aromatic rings. The minimum absolute atomic E-state index is 0.108. The molecular formula is C14H15NO2. The second-order valence-electron chi connectivity index (χ2n) is 3.82. The number of ether oxygens (including phenoxy) is 1. The molecule has 3 N–H and O–H groups in total. The molecule has 0 heterocycles. The Morgan fingerprint density at radius 3 is 2.35 bits per heavy atom. The molecule has 0 aliphatic rings. The molecule has 0 aliphatic heterocycles. The van der Waals surface area contributed by atoms with Crippen LogP contribution in [-0.4, -0.2) is 12.2 Å². The van der Waals surface area contributed by atoms with Crippen molar-refractivity contribution >= 4 is 0 Å². The van der Waals surface area contributed by atoms with E-state index in [0.717, 1.165) is 11.1 Å². The monoisotopic (exact) mass is 229 g/mol. The van der Waals surface area contributed by atoms with Gasteiger partial charge in [-0.2, -0.15) is 0 Å². The van der Waals surface area contributed by atoms with Crippen LogP contribution in [0.3, 0.4) is 0 Å². The summed E-state index contributed by atoms with van der Waals surface area (Å²) in [4.78, 5) is 0. The third kappa shape index (κ3) is 2.40. The van der Waals surface area contributed by atoms with Gasteiger partial charge in [0.2, 0.25) is 0 Å². The van der Waals surface area contributed by atoms with Crippen molar-refractivity contribution in [2.45, 2.75) is 6.04 Å². The Hall–Kier alpha value is -2.00. The van der Waals surface area contributed by atoms with Crippen LogP contribution in [0.4, 0.5) is 0 Å². The zero-order chi connectivity index (χ0) is 12.3. The number of hydrogen-bond donors (Lipinski definition) is 2. The topological polar surface area (TPSA) is 55.5 Å². The average molecular weight is 229 g/mol. The van der Waals surface area contributed by atoms with Crippen LogP contribution in [-0.2, 0) is 0 Å². The van der Waals surface area contributed by atoms with Crippen molar-refractivity contribution in [2.24, 2.45) is 5.73 Å². The molecule has 0 aliphatic carbocycles. The smallest absolute Gasteiger partial charge is 0.160 e. The summed E-state index contributed by atoms with van der Waals surface area (Å²) in [5.74, 6) is 0.561. The van der Waals surface area contributed by atoms with Gasteiger partial charge in [-0.05, 0) is 23.3 Å². The molecule has 0 amide bonds. The quantitative estimate of drug-likeness (QED) is 0.850. The lowest BCUT2D eigenvalue weighted by molar-refractivity contribution is 0.373. The van der Waals surface area contributed by atoms with E-state index in [1.807, 2.05) is 36.4 Å². The molecule has 2 rings (SSSR count). The van der Waals surface area contributed by atoms with Crippen molar-refractivity contribution in [3.63, 3.8) is 0 Å². The molecule has 2 aromatic carbocycles. The summed E-state index contributed by atoms with van der Waals surface area (Å²) in [6.07, 6.45) is 0. The number of rotatable bonds is 3. The molecule has 0 spiro atoms. The maximum Gasteiger partial charge on any atom is 0.160 e. The van der Waals surface area contributed by atoms with Gasteiger partial charge in [-0.15, -0.1) is 0 Å². The number of aromatic hydroxyl groups is 1. The first kappa shape index (κ1) is 11.5. The van der Waals surface area contributed by atoms with Gasteiger partial charge in [0.15, 0.2) is 11.5 Å². The van der Waals surface area contributed by atoms with E-state index >= 15 is 0 Å². The summed E-state index contributed by atoms with van der Waals surface area (Å²) in [5, 5.41) is 9.71. The Labute approximate surface area is 100 Å². The van der Waals surface area contributed by atoms with Crippen LogP contribution < -0.4 is 10.5 Å². The van der Waals surface area contributed by atoms with E-state index in [4.69, 9.17) is 10.5 Å². The molecule has 3 nitrogen and oxygen atoms in total. The molecule has 0 bridgehead atoms. The molecule has 88 valence electrons. The van der Waals surface area contributed by atoms with Crippen LogP contribution >= 0.6 is 0 Å². The largest absolute Gasteiger partial charge is 0.504 e. The van der Waals surface area contributed by atoms with Gasteiger partial charge in [-0.1, -0.05) is 36.4 Å². The molecule has 0 saturated carbocycles. The second kappa shape index (κ2) is 4.89. The molecule has 0 fully saturated rings. The zero-order valence-electron chi connectivity index (χ0n) is 9.63. The fourth-order valence-electron chi connectivity index (χ4n) is 1.75. The van der Waals surface area contributed by atoms with Crippen LogP contribution in [0.5, 0.6) is 11.5 Å². The molecule has 0 saturated heterocycles. The maximum atomic E-state index is 9.71. The van der Waals surface area contributed by atoms with Gasteiger partial charge in [0.25, 0.3) is 0 Å². The van der Waals surface area contributed by atoms with Crippen LogP contribution in [0.1, 0.15) is 17.2 Å². The first-order valence-corrected chi connectivity index (χ1v) is 5.40. The number of nitrogens with two attached hydrogens (primary N) is 1. The molecule has 3 heteroatoms. The lowest BCUT2D eigenvalue weighted by atomic mass is 9.99. The van der Waals surface area contributed by atoms with Crippen molar-refractivity contribution in [2.75, 3.05) is 7.11 Å². The van der Waals surface area contributed by atoms with Gasteiger partial charge in [0.1, 0.15) is 0 Å². The number of hydrogen-bond acceptors (Lipinski definition) is 3. The van der Waals surface area contributed by atoms with Gasteiger partial charge < -0.3 is 15.6 Å². The van der Waals surface area contributed by atoms with E-state index in [0.29, 0.717) is 5.75 Å². The maximum absolute atomic E-state index is 9.71. The Morgan fingerprint density at radius 2 is 1.76 bits per heavy atom. The first-order valence-electron chi connectivity index (χ1n) is 5.40. The average Bonchev–Trinajstić information content (AvgIpc) is 2.39. The summed E-state index contributed by atoms with van der Waals surface area (Å²) in [6, 6.07) is 14.7. The van der Waals surface area contributed by atoms with Crippen LogP contribution in [0.2, 0.25) is 0 Å². The fraction of sp³-hybridized carbons (Fsp3) is 0.143. The van der Waals surface area contributed by atoms with Crippen molar-refractivity contribution < 1.29 is 9.84 Å². The van der Waals surface area contributed by atoms with Gasteiger partial charge in [0, 0.05) is 0 Å². The molecule has 0 radical (unpaired) electrons. The highest BCUT2D eigenvalue weighted by Crippen LogP contribution is 2.30. The SMILES string of the molecule is COc1ccc(C(N)c2ccccc2)cc1O. The highest BCUT2D eigenvalue weighted by Gasteiger charge is 2.10. The minimum atomic E-state index is -0.243. The first-order chi connectivity index (χ1) is 8.22. The molecule has 17 heavy (non-hydrogen) atoms. The van der Waals surface area contributed by atoms with Gasteiger partial charge in [-0.3, -0.25) is 0 Å². The van der Waals surface area contributed by atoms with Crippen LogP contribution in [0.15, 0.2) is 48.5 Å². The van der Waals surface area contributed by atoms with Crippen LogP contribution in [0.25, 0.3) is 0 Å². The summed E-state index contributed by atoms with van der Waals surface area (Å²) in [6.45, 7) is 0. The molecular weight excluding hydrogens is 214 g/mol. The molecule has 1 atom stereocenters. The van der Waals surface area contributed by atoms with Gasteiger partial charge >= 0.3 is 0 Å². The van der Waals surface area contributed by atoms with E-state index in [1.54, 1.807) is 12.1 Å². The number of methoxy groups -OCH3 is 1. The summed E-state index contributed by atoms with van der Waals surface area (Å²) in [5.41, 5.74) is 7.99. The van der Waals surface area contributed by atoms with E-state index < -0.39 is 0 Å². The van der Waals surface area contributed by atoms with Crippen LogP contribution in [0, 0.1) is 0 Å². The molecule has 1 unspecified atom stereocenters. The Morgan fingerprint density at radius 1 is 1.06 bits per heavy atom. The zero-order valence-corrected chi connectivity index (χ0v) is 9.63. The second-order valence-corrected chi connectivity index (χ2v) is 3.82. The third-order valence-electron chi connectivity index (χ3n) is 2.72. The highest BCUT2D eigenvalue weighted by atomic mass is 16.5. The Balaban J connectivity index is 2.32. The number of phenols is 1. The number of benzene rings is 2. The van der Waals surface area contributed by atoms with E-state index in [9.17, 15) is 5.11 Å². The molecule has 0 aromatic heterocycles. The van der Waals surface area contributed by atoms with E-state index in [-0.39, 0.29) is 11.8 Å². The van der Waals surface area contributed by atoms with Gasteiger partial charge in [-0.25, -0.2) is 0 Å². The van der Waals surface area contributed by atoms with Crippen molar-refractivity contribution in [3.8, 4) is 11.5 Å². The standard InChI is InChI=1S/C14H15NO2/c1-17-13-8-7-11(9-12(13)16)14(15)10-5-3-2-4-6-10/h2-9,14,16H,15H2,1H3. The Kier molecular flexibility index (Phi) is 3.30. The van der Waals surface area contributed by atoms with Crippen molar-refractivity contribution in [1.82, 2.24) is 0 Å². The summed E-state index contributed by atoms with van der Waals surface area (Å²) in [7, 11) is 1.52. The summed E-state index contributed by atoms with van der Waals surface area (Å²) >= 11 is 0. The van der Waals surface area contributed by atoms with E-state index in [2.05, 4.69) is 0 Å². The third-order valence-corrected chi connectivity index (χ3v) is 2.72.